The molecule has 2 aromatic carbocycles. The highest BCUT2D eigenvalue weighted by Crippen LogP contribution is 2.36. The molecule has 3 amide bonds. The fourth-order valence-corrected chi connectivity index (χ4v) is 2.74. The van der Waals surface area contributed by atoms with Crippen LogP contribution in [0.2, 0.25) is 5.02 Å². The van der Waals surface area contributed by atoms with Crippen molar-refractivity contribution in [1.82, 2.24) is 4.98 Å². The second-order valence-corrected chi connectivity index (χ2v) is 7.47. The third-order valence-electron chi connectivity index (χ3n) is 4.18. The zero-order valence-electron chi connectivity index (χ0n) is 18.8. The maximum Gasteiger partial charge on any atom is 0.490 e. The van der Waals surface area contributed by atoms with Gasteiger partial charge < -0.3 is 26.2 Å². The van der Waals surface area contributed by atoms with Crippen LogP contribution < -0.4 is 21.1 Å². The number of nitrogens with two attached hydrogens (primary N) is 1. The highest BCUT2D eigenvalue weighted by molar-refractivity contribution is 6.31. The Morgan fingerprint density at radius 2 is 1.54 bits per heavy atom. The van der Waals surface area contributed by atoms with Gasteiger partial charge in [-0.05, 0) is 36.4 Å². The molecule has 0 radical (unpaired) electrons. The molecule has 0 unspecified atom stereocenters. The predicted molar refractivity (Wildman–Crippen MR) is 122 cm³/mol. The molecule has 17 heteroatoms. The highest BCUT2D eigenvalue weighted by atomic mass is 35.5. The lowest BCUT2D eigenvalue weighted by Gasteiger charge is -2.13. The first kappa shape index (κ1) is 30.6. The molecule has 0 aliphatic rings. The number of primary amides is 1. The predicted octanol–water partition coefficient (Wildman–Crippen LogP) is 6.06. The minimum absolute atomic E-state index is 0.0441. The van der Waals surface area contributed by atoms with Gasteiger partial charge in [0.1, 0.15) is 23.0 Å². The number of ether oxygens (including phenoxy) is 1. The summed E-state index contributed by atoms with van der Waals surface area (Å²) in [5.41, 5.74) is 3.51. The summed E-state index contributed by atoms with van der Waals surface area (Å²) in [6, 6.07) is 7.99. The Kier molecular flexibility index (Phi) is 9.65. The Bertz CT molecular complexity index is 1380. The lowest BCUT2D eigenvalue weighted by molar-refractivity contribution is -0.192. The fraction of sp³-hybridized carbons (Fsp3) is 0.0909. The van der Waals surface area contributed by atoms with Crippen LogP contribution in [-0.2, 0) is 11.0 Å². The molecule has 5 N–H and O–H groups in total. The summed E-state index contributed by atoms with van der Waals surface area (Å²) in [5, 5.41) is 11.0. The van der Waals surface area contributed by atoms with Crippen LogP contribution in [0.4, 0.5) is 46.9 Å². The van der Waals surface area contributed by atoms with Gasteiger partial charge in [0, 0.05) is 24.0 Å². The van der Waals surface area contributed by atoms with Gasteiger partial charge >= 0.3 is 24.4 Å². The van der Waals surface area contributed by atoms with Gasteiger partial charge in [-0.3, -0.25) is 9.78 Å². The van der Waals surface area contributed by atoms with Gasteiger partial charge in [-0.2, -0.15) is 26.3 Å². The van der Waals surface area contributed by atoms with Crippen LogP contribution in [0.3, 0.4) is 0 Å². The third kappa shape index (κ3) is 9.33. The molecule has 0 spiro atoms. The van der Waals surface area contributed by atoms with Gasteiger partial charge in [-0.1, -0.05) is 11.6 Å². The number of pyridine rings is 1. The molecule has 9 nitrogen and oxygen atoms in total. The quantitative estimate of drug-likeness (QED) is 0.269. The Hall–Kier alpha value is -4.60. The molecule has 0 bridgehead atoms. The molecule has 0 atom stereocenters. The van der Waals surface area contributed by atoms with E-state index < -0.39 is 46.7 Å². The second kappa shape index (κ2) is 12.3. The van der Waals surface area contributed by atoms with Crippen molar-refractivity contribution in [1.29, 1.82) is 0 Å². The van der Waals surface area contributed by atoms with Crippen LogP contribution in [0.1, 0.15) is 16.1 Å². The van der Waals surface area contributed by atoms with Crippen molar-refractivity contribution in [3.63, 3.8) is 0 Å². The number of urea groups is 1. The number of nitrogens with zero attached hydrogens (tertiary/aromatic N) is 1. The van der Waals surface area contributed by atoms with Crippen LogP contribution >= 0.6 is 11.6 Å². The number of rotatable bonds is 5. The van der Waals surface area contributed by atoms with Gasteiger partial charge in [0.15, 0.2) is 0 Å². The lowest BCUT2D eigenvalue weighted by atomic mass is 10.2. The molecule has 208 valence electrons. The number of hydrogen-bond donors (Lipinski definition) is 4. The Labute approximate surface area is 218 Å². The number of alkyl halides is 6. The minimum atomic E-state index is -5.08. The second-order valence-electron chi connectivity index (χ2n) is 7.06. The molecular formula is C22H14ClF7N4O5. The number of aliphatic carboxylic acids is 1. The first-order valence-electron chi connectivity index (χ1n) is 9.95. The Morgan fingerprint density at radius 3 is 2.08 bits per heavy atom. The summed E-state index contributed by atoms with van der Waals surface area (Å²) >= 11 is 5.53. The zero-order chi connectivity index (χ0) is 29.5. The molecule has 0 saturated carbocycles. The van der Waals surface area contributed by atoms with E-state index in [-0.39, 0.29) is 28.6 Å². The largest absolute Gasteiger partial charge is 0.490 e. The molecule has 0 fully saturated rings. The molecule has 3 aromatic rings. The first-order chi connectivity index (χ1) is 18.0. The molecule has 3 rings (SSSR count). The summed E-state index contributed by atoms with van der Waals surface area (Å²) in [6.45, 7) is 0. The number of benzene rings is 2. The summed E-state index contributed by atoms with van der Waals surface area (Å²) in [7, 11) is 0. The van der Waals surface area contributed by atoms with E-state index in [1.807, 2.05) is 0 Å². The minimum Gasteiger partial charge on any atom is -0.475 e. The number of nitrogens with one attached hydrogen (secondary N) is 2. The van der Waals surface area contributed by atoms with E-state index in [0.717, 1.165) is 12.1 Å². The Morgan fingerprint density at radius 1 is 0.923 bits per heavy atom. The van der Waals surface area contributed by atoms with Crippen molar-refractivity contribution in [3.05, 3.63) is 76.8 Å². The summed E-state index contributed by atoms with van der Waals surface area (Å²) in [5.74, 6) is -4.19. The van der Waals surface area contributed by atoms with E-state index in [4.69, 9.17) is 32.0 Å². The van der Waals surface area contributed by atoms with Crippen LogP contribution in [-0.4, -0.2) is 34.2 Å². The smallest absolute Gasteiger partial charge is 0.475 e. The average Bonchev–Trinajstić information content (AvgIpc) is 2.81. The molecule has 0 saturated heterocycles. The maximum absolute atomic E-state index is 14.4. The van der Waals surface area contributed by atoms with Crippen molar-refractivity contribution in [3.8, 4) is 11.5 Å². The first-order valence-corrected chi connectivity index (χ1v) is 10.3. The average molecular weight is 583 g/mol. The number of aromatic nitrogens is 1. The van der Waals surface area contributed by atoms with Crippen molar-refractivity contribution in [2.45, 2.75) is 12.4 Å². The number of amides is 3. The van der Waals surface area contributed by atoms with Gasteiger partial charge in [0.2, 0.25) is 0 Å². The summed E-state index contributed by atoms with van der Waals surface area (Å²) in [4.78, 5) is 35.9. The molecule has 39 heavy (non-hydrogen) atoms. The normalized spacial score (nSPS) is 11.1. The molecule has 0 aliphatic carbocycles. The van der Waals surface area contributed by atoms with Crippen molar-refractivity contribution < 1.29 is 55.0 Å². The highest BCUT2D eigenvalue weighted by Gasteiger charge is 2.38. The topological polar surface area (TPSA) is 144 Å². The van der Waals surface area contributed by atoms with Gasteiger partial charge in [-0.25, -0.2) is 14.0 Å². The Balaban J connectivity index is 0.000000673. The zero-order valence-corrected chi connectivity index (χ0v) is 19.6. The van der Waals surface area contributed by atoms with Crippen LogP contribution in [0.5, 0.6) is 11.5 Å². The number of anilines is 2. The molecule has 1 heterocycles. The number of carbonyl (C=O) groups is 3. The third-order valence-corrected chi connectivity index (χ3v) is 4.51. The molecular weight excluding hydrogens is 569 g/mol. The van der Waals surface area contributed by atoms with Crippen molar-refractivity contribution in [2.24, 2.45) is 5.73 Å². The lowest BCUT2D eigenvalue weighted by Crippen LogP contribution is -2.21. The number of carboxylic acids is 1. The number of hydrogen-bond acceptors (Lipinski definition) is 5. The van der Waals surface area contributed by atoms with E-state index in [9.17, 15) is 40.3 Å². The standard InChI is InChI=1S/C20H13ClF4N4O3.C2HF3O2/c21-14-3-1-10(7-13(14)20(23,24)25)28-19(31)29-16-4-2-11(8-15(16)22)32-12-5-6-27-17(9-12)18(26)30;3-2(4,5)1(6)7/h1-9H,(H2,26,30)(H2,28,29,31);(H,6,7). The van der Waals surface area contributed by atoms with Crippen molar-refractivity contribution >= 4 is 40.9 Å². The van der Waals surface area contributed by atoms with E-state index in [1.54, 1.807) is 0 Å². The number of carbonyl (C=O) groups excluding carboxylic acids is 2. The number of carboxylic acid groups (broad SMARTS) is 1. The number of halogens is 8. The summed E-state index contributed by atoms with van der Waals surface area (Å²) in [6.07, 6.45) is -8.51. The SMILES string of the molecule is NC(=O)c1cc(Oc2ccc(NC(=O)Nc3ccc(Cl)c(C(F)(F)F)c3)c(F)c2)ccn1.O=C(O)C(F)(F)F. The van der Waals surface area contributed by atoms with E-state index in [1.165, 1.54) is 36.5 Å². The fourth-order valence-electron chi connectivity index (χ4n) is 2.51. The van der Waals surface area contributed by atoms with Gasteiger partial charge in [-0.15, -0.1) is 0 Å². The van der Waals surface area contributed by atoms with Crippen molar-refractivity contribution in [2.75, 3.05) is 10.6 Å². The van der Waals surface area contributed by atoms with Crippen LogP contribution in [0, 0.1) is 5.82 Å². The van der Waals surface area contributed by atoms with Gasteiger partial charge in [0.25, 0.3) is 5.91 Å². The monoisotopic (exact) mass is 582 g/mol. The molecule has 1 aromatic heterocycles. The maximum atomic E-state index is 14.4. The summed E-state index contributed by atoms with van der Waals surface area (Å²) < 4.78 is 90.3. The van der Waals surface area contributed by atoms with E-state index >= 15 is 0 Å². The van der Waals surface area contributed by atoms with Gasteiger partial charge in [0.05, 0.1) is 16.3 Å². The molecule has 0 aliphatic heterocycles. The van der Waals surface area contributed by atoms with Crippen LogP contribution in [0.25, 0.3) is 0 Å². The van der Waals surface area contributed by atoms with E-state index in [2.05, 4.69) is 15.6 Å². The van der Waals surface area contributed by atoms with Crippen LogP contribution in [0.15, 0.2) is 54.7 Å². The van der Waals surface area contributed by atoms with E-state index in [0.29, 0.717) is 6.07 Å².